The van der Waals surface area contributed by atoms with Gasteiger partial charge in [-0.05, 0) is 0 Å². The van der Waals surface area contributed by atoms with Crippen LogP contribution in [0.3, 0.4) is 0 Å². The normalized spacial score (nSPS) is 20.0. The minimum Gasteiger partial charge on any atom is -0.369 e. The van der Waals surface area contributed by atoms with Crippen molar-refractivity contribution in [3.8, 4) is 0 Å². The highest BCUT2D eigenvalue weighted by Gasteiger charge is 2.46. The molecule has 1 fully saturated rings. The predicted molar refractivity (Wildman–Crippen MR) is 35.3 cm³/mol. The zero-order valence-corrected chi connectivity index (χ0v) is 6.22. The number of amides is 2. The average molecular weight is 178 g/mol. The van der Waals surface area contributed by atoms with Gasteiger partial charge in [0, 0.05) is 0 Å². The van der Waals surface area contributed by atoms with Gasteiger partial charge in [-0.1, -0.05) is 0 Å². The van der Waals surface area contributed by atoms with Crippen molar-refractivity contribution in [1.29, 1.82) is 0 Å². The Morgan fingerprint density at radius 3 is 2.25 bits per heavy atom. The minimum absolute atomic E-state index is 0.490. The fourth-order valence-electron chi connectivity index (χ4n) is 0.949. The van der Waals surface area contributed by atoms with E-state index in [-0.39, 0.29) is 0 Å². The number of nitrogens with two attached hydrogens (primary N) is 1. The van der Waals surface area contributed by atoms with Gasteiger partial charge < -0.3 is 10.6 Å². The van der Waals surface area contributed by atoms with Crippen LogP contribution in [0, 0.1) is 0 Å². The van der Waals surface area contributed by atoms with Crippen molar-refractivity contribution in [3.05, 3.63) is 0 Å². The van der Waals surface area contributed by atoms with Crippen molar-refractivity contribution in [3.63, 3.8) is 0 Å². The van der Waals surface area contributed by atoms with Crippen LogP contribution in [-0.4, -0.2) is 35.7 Å². The summed E-state index contributed by atoms with van der Waals surface area (Å²) in [4.78, 5) is 21.9. The fraction of sp³-hybridized carbons (Fsp3) is 0.667. The molecule has 0 saturated carbocycles. The van der Waals surface area contributed by atoms with Crippen molar-refractivity contribution in [2.75, 3.05) is 13.1 Å². The van der Waals surface area contributed by atoms with Gasteiger partial charge in [-0.15, -0.1) is 0 Å². The van der Waals surface area contributed by atoms with Crippen LogP contribution >= 0.6 is 0 Å². The monoisotopic (exact) mass is 178 g/mol. The number of carbonyl (C=O) groups is 2. The molecule has 2 amide bonds. The van der Waals surface area contributed by atoms with Crippen LogP contribution in [0.25, 0.3) is 0 Å². The number of carbonyl (C=O) groups excluding carboxylic acids is 2. The van der Waals surface area contributed by atoms with E-state index >= 15 is 0 Å². The van der Waals surface area contributed by atoms with Crippen molar-refractivity contribution >= 4 is 11.8 Å². The molecule has 0 aromatic rings. The maximum atomic E-state index is 12.2. The van der Waals surface area contributed by atoms with E-state index in [0.29, 0.717) is 0 Å². The Labute approximate surface area is 67.3 Å². The fourth-order valence-corrected chi connectivity index (χ4v) is 0.949. The lowest BCUT2D eigenvalue weighted by Crippen LogP contribution is -2.58. The molecule has 1 aliphatic heterocycles. The van der Waals surface area contributed by atoms with Crippen molar-refractivity contribution in [2.24, 2.45) is 5.73 Å². The van der Waals surface area contributed by atoms with Gasteiger partial charge in [-0.2, -0.15) is 0 Å². The Morgan fingerprint density at radius 1 is 1.42 bits per heavy atom. The smallest absolute Gasteiger partial charge is 0.282 e. The van der Waals surface area contributed by atoms with Crippen LogP contribution < -0.4 is 5.73 Å². The maximum absolute atomic E-state index is 12.2. The van der Waals surface area contributed by atoms with E-state index < -0.39 is 37.2 Å². The Kier molecular flexibility index (Phi) is 1.99. The molecule has 0 aromatic carbocycles. The molecule has 68 valence electrons. The summed E-state index contributed by atoms with van der Waals surface area (Å²) < 4.78 is 24.4. The first-order valence-corrected chi connectivity index (χ1v) is 3.35. The van der Waals surface area contributed by atoms with E-state index in [0.717, 1.165) is 4.90 Å². The van der Waals surface area contributed by atoms with Crippen molar-refractivity contribution in [1.82, 2.24) is 4.90 Å². The largest absolute Gasteiger partial charge is 0.369 e. The number of halogens is 2. The molecule has 1 aliphatic rings. The minimum atomic E-state index is -2.78. The Hall–Kier alpha value is -1.20. The van der Waals surface area contributed by atoms with Gasteiger partial charge in [0.05, 0.1) is 13.1 Å². The third-order valence-corrected chi connectivity index (χ3v) is 1.52. The SMILES string of the molecule is NC(=O)CC(=O)N1CC(F)(F)C1. The summed E-state index contributed by atoms with van der Waals surface area (Å²) in [6.45, 7) is -1.20. The summed E-state index contributed by atoms with van der Waals surface area (Å²) in [5, 5.41) is 0. The lowest BCUT2D eigenvalue weighted by molar-refractivity contribution is -0.166. The molecule has 0 bridgehead atoms. The van der Waals surface area contributed by atoms with Gasteiger partial charge in [0.2, 0.25) is 11.8 Å². The molecule has 0 aliphatic carbocycles. The van der Waals surface area contributed by atoms with E-state index in [2.05, 4.69) is 0 Å². The van der Waals surface area contributed by atoms with E-state index in [1.54, 1.807) is 0 Å². The first-order chi connectivity index (χ1) is 5.41. The summed E-state index contributed by atoms with van der Waals surface area (Å²) in [6, 6.07) is 0. The topological polar surface area (TPSA) is 63.4 Å². The molecule has 0 atom stereocenters. The average Bonchev–Trinajstić information content (AvgIpc) is 1.80. The highest BCUT2D eigenvalue weighted by atomic mass is 19.3. The van der Waals surface area contributed by atoms with Gasteiger partial charge in [0.15, 0.2) is 0 Å². The van der Waals surface area contributed by atoms with Gasteiger partial charge in [-0.25, -0.2) is 8.78 Å². The summed E-state index contributed by atoms with van der Waals surface area (Å²) in [6.07, 6.45) is -0.490. The van der Waals surface area contributed by atoms with Crippen molar-refractivity contribution < 1.29 is 18.4 Å². The Morgan fingerprint density at radius 2 is 1.92 bits per heavy atom. The molecule has 0 aromatic heterocycles. The summed E-state index contributed by atoms with van der Waals surface area (Å²) in [7, 11) is 0. The molecule has 12 heavy (non-hydrogen) atoms. The number of hydrogen-bond acceptors (Lipinski definition) is 2. The zero-order valence-electron chi connectivity index (χ0n) is 6.22. The molecule has 1 rings (SSSR count). The van der Waals surface area contributed by atoms with Crippen LogP contribution in [0.5, 0.6) is 0 Å². The van der Waals surface area contributed by atoms with E-state index in [9.17, 15) is 18.4 Å². The second-order valence-corrected chi connectivity index (χ2v) is 2.75. The standard InChI is InChI=1S/C6H8F2N2O2/c7-6(8)2-10(3-6)5(12)1-4(9)11/h1-3H2,(H2,9,11). The molecular formula is C6H8F2N2O2. The number of likely N-dealkylation sites (tertiary alicyclic amines) is 1. The highest BCUT2D eigenvalue weighted by molar-refractivity contribution is 5.96. The molecule has 0 spiro atoms. The molecule has 6 heteroatoms. The lowest BCUT2D eigenvalue weighted by atomic mass is 10.1. The van der Waals surface area contributed by atoms with Crippen LogP contribution in [0.15, 0.2) is 0 Å². The van der Waals surface area contributed by atoms with Crippen LogP contribution in [0.2, 0.25) is 0 Å². The maximum Gasteiger partial charge on any atom is 0.282 e. The summed E-state index contributed by atoms with van der Waals surface area (Å²) >= 11 is 0. The molecular weight excluding hydrogens is 170 g/mol. The van der Waals surface area contributed by atoms with Gasteiger partial charge in [0.25, 0.3) is 5.92 Å². The lowest BCUT2D eigenvalue weighted by Gasteiger charge is -2.38. The van der Waals surface area contributed by atoms with Crippen LogP contribution in [0.4, 0.5) is 8.78 Å². The van der Waals surface area contributed by atoms with Crippen molar-refractivity contribution in [2.45, 2.75) is 12.3 Å². The van der Waals surface area contributed by atoms with E-state index in [1.165, 1.54) is 0 Å². The molecule has 0 radical (unpaired) electrons. The third kappa shape index (κ3) is 1.90. The molecule has 2 N–H and O–H groups in total. The Balaban J connectivity index is 2.33. The molecule has 4 nitrogen and oxygen atoms in total. The van der Waals surface area contributed by atoms with E-state index in [1.807, 2.05) is 0 Å². The predicted octanol–water partition coefficient (Wildman–Crippen LogP) is -0.661. The quantitative estimate of drug-likeness (QED) is 0.570. The zero-order chi connectivity index (χ0) is 9.35. The highest BCUT2D eigenvalue weighted by Crippen LogP contribution is 2.26. The second kappa shape index (κ2) is 2.69. The number of primary amides is 1. The van der Waals surface area contributed by atoms with Gasteiger partial charge >= 0.3 is 0 Å². The number of rotatable bonds is 2. The molecule has 1 saturated heterocycles. The summed E-state index contributed by atoms with van der Waals surface area (Å²) in [5.41, 5.74) is 4.70. The molecule has 0 unspecified atom stereocenters. The van der Waals surface area contributed by atoms with Crippen LogP contribution in [0.1, 0.15) is 6.42 Å². The first kappa shape index (κ1) is 8.89. The number of alkyl halides is 2. The Bertz CT molecular complexity index is 222. The van der Waals surface area contributed by atoms with Gasteiger partial charge in [-0.3, -0.25) is 9.59 Å². The third-order valence-electron chi connectivity index (χ3n) is 1.52. The van der Waals surface area contributed by atoms with E-state index in [4.69, 9.17) is 5.73 Å². The first-order valence-electron chi connectivity index (χ1n) is 3.35. The van der Waals surface area contributed by atoms with Gasteiger partial charge in [0.1, 0.15) is 6.42 Å². The number of nitrogens with zero attached hydrogens (tertiary/aromatic N) is 1. The summed E-state index contributed by atoms with van der Waals surface area (Å²) in [5.74, 6) is -4.21. The number of hydrogen-bond donors (Lipinski definition) is 1. The van der Waals surface area contributed by atoms with Crippen LogP contribution in [-0.2, 0) is 9.59 Å². The second-order valence-electron chi connectivity index (χ2n) is 2.75. The molecule has 1 heterocycles.